The third-order valence-corrected chi connectivity index (χ3v) is 4.82. The molecule has 4 aromatic carbocycles. The van der Waals surface area contributed by atoms with Gasteiger partial charge in [-0.1, -0.05) is 30.3 Å². The van der Waals surface area contributed by atoms with Gasteiger partial charge in [-0.25, -0.2) is 14.4 Å². The lowest BCUT2D eigenvalue weighted by Crippen LogP contribution is -2.21. The summed E-state index contributed by atoms with van der Waals surface area (Å²) in [4.78, 5) is 47.9. The van der Waals surface area contributed by atoms with Crippen LogP contribution in [-0.2, 0) is 0 Å². The first-order valence-electron chi connectivity index (χ1n) is 8.01. The summed E-state index contributed by atoms with van der Waals surface area (Å²) >= 11 is 0. The highest BCUT2D eigenvalue weighted by atomic mass is 16.4. The van der Waals surface area contributed by atoms with Crippen molar-refractivity contribution < 1.29 is 34.5 Å². The molecule has 4 aromatic rings. The van der Waals surface area contributed by atoms with Gasteiger partial charge >= 0.3 is 17.9 Å². The molecule has 0 aliphatic heterocycles. The number of aromatic carboxylic acids is 3. The Bertz CT molecular complexity index is 1370. The lowest BCUT2D eigenvalue weighted by atomic mass is 9.83. The van der Waals surface area contributed by atoms with Crippen molar-refractivity contribution in [1.82, 2.24) is 0 Å². The topological polar surface area (TPSA) is 155 Å². The molecule has 0 saturated carbocycles. The zero-order valence-electron chi connectivity index (χ0n) is 14.0. The Labute approximate surface area is 155 Å². The average Bonchev–Trinajstić information content (AvgIpc) is 2.63. The molecule has 0 atom stereocenters. The fraction of sp³-hybridized carbons (Fsp3) is 0. The Morgan fingerprint density at radius 2 is 1.32 bits per heavy atom. The second-order valence-electron chi connectivity index (χ2n) is 6.27. The van der Waals surface area contributed by atoms with Crippen LogP contribution in [0, 0.1) is 0 Å². The van der Waals surface area contributed by atoms with E-state index >= 15 is 0 Å². The summed E-state index contributed by atoms with van der Waals surface area (Å²) in [5.74, 6) is -5.89. The molecule has 5 N–H and O–H groups in total. The normalized spacial score (nSPS) is 11.3. The minimum atomic E-state index is -1.69. The van der Waals surface area contributed by atoms with E-state index < -0.39 is 40.5 Å². The van der Waals surface area contributed by atoms with Gasteiger partial charge in [0.05, 0.1) is 22.3 Å². The van der Waals surface area contributed by atoms with Crippen molar-refractivity contribution in [1.29, 1.82) is 0 Å². The molecule has 138 valence electrons. The number of carboxylic acids is 3. The van der Waals surface area contributed by atoms with Crippen LogP contribution in [0.1, 0.15) is 41.4 Å². The highest BCUT2D eigenvalue weighted by molar-refractivity contribution is 6.35. The Morgan fingerprint density at radius 3 is 1.89 bits per heavy atom. The summed E-state index contributed by atoms with van der Waals surface area (Å²) in [5.41, 5.74) is 2.97. The molecule has 0 aliphatic rings. The number of carboxylic acid groups (broad SMARTS) is 3. The summed E-state index contributed by atoms with van der Waals surface area (Å²) in [6.07, 6.45) is 0. The summed E-state index contributed by atoms with van der Waals surface area (Å²) in [6.45, 7) is 0. The first-order valence-corrected chi connectivity index (χ1v) is 8.01. The molecule has 0 aromatic heterocycles. The van der Waals surface area contributed by atoms with Crippen molar-refractivity contribution in [2.45, 2.75) is 0 Å². The van der Waals surface area contributed by atoms with Crippen LogP contribution in [0.3, 0.4) is 0 Å². The second-order valence-corrected chi connectivity index (χ2v) is 6.27. The maximum atomic E-state index is 12.1. The molecule has 1 amide bonds. The van der Waals surface area contributed by atoms with Crippen LogP contribution in [0.2, 0.25) is 0 Å². The van der Waals surface area contributed by atoms with E-state index in [0.29, 0.717) is 16.2 Å². The molecule has 0 heterocycles. The minimum Gasteiger partial charge on any atom is -0.478 e. The number of carbonyl (C=O) groups is 4. The molecule has 0 fully saturated rings. The maximum Gasteiger partial charge on any atom is 0.337 e. The summed E-state index contributed by atoms with van der Waals surface area (Å²) < 4.78 is 0. The van der Waals surface area contributed by atoms with E-state index in [0.717, 1.165) is 0 Å². The van der Waals surface area contributed by atoms with Crippen LogP contribution in [-0.4, -0.2) is 39.1 Å². The quantitative estimate of drug-likeness (QED) is 0.398. The van der Waals surface area contributed by atoms with E-state index in [2.05, 4.69) is 0 Å². The Balaban J connectivity index is 2.52. The SMILES string of the molecule is NC(=O)c1c(C(=O)O)c(C(=O)O)c2c(C(=O)O)cc3cccc4ccc1c2c43. The van der Waals surface area contributed by atoms with Crippen molar-refractivity contribution in [3.8, 4) is 0 Å². The number of hydrogen-bond acceptors (Lipinski definition) is 4. The lowest BCUT2D eigenvalue weighted by molar-refractivity contribution is 0.0650. The predicted octanol–water partition coefficient (Wildman–Crippen LogP) is 2.78. The van der Waals surface area contributed by atoms with Gasteiger partial charge in [-0.2, -0.15) is 0 Å². The molecule has 0 unspecified atom stereocenters. The molecule has 8 nitrogen and oxygen atoms in total. The third-order valence-electron chi connectivity index (χ3n) is 4.82. The average molecular weight is 377 g/mol. The van der Waals surface area contributed by atoms with Gasteiger partial charge < -0.3 is 21.1 Å². The highest BCUT2D eigenvalue weighted by Crippen LogP contribution is 2.41. The van der Waals surface area contributed by atoms with Gasteiger partial charge in [-0.15, -0.1) is 0 Å². The van der Waals surface area contributed by atoms with Crippen LogP contribution >= 0.6 is 0 Å². The number of benzene rings is 4. The molecule has 28 heavy (non-hydrogen) atoms. The van der Waals surface area contributed by atoms with Crippen LogP contribution in [0.25, 0.3) is 32.3 Å². The van der Waals surface area contributed by atoms with Crippen molar-refractivity contribution in [3.63, 3.8) is 0 Å². The van der Waals surface area contributed by atoms with Gasteiger partial charge in [-0.05, 0) is 33.0 Å². The molecule has 0 bridgehead atoms. The molecule has 4 rings (SSSR count). The summed E-state index contributed by atoms with van der Waals surface area (Å²) in [7, 11) is 0. The standard InChI is InChI=1S/C20H11NO7/c21-17(22)14-9-5-4-7-2-1-3-8-6-10(18(23)24)13(12(9)11(7)8)15(19(25)26)16(14)20(27)28/h1-6H,(H2,21,22)(H,23,24)(H,25,26)(H,27,28). The number of carbonyl (C=O) groups excluding carboxylic acids is 1. The fourth-order valence-electron chi connectivity index (χ4n) is 3.85. The van der Waals surface area contributed by atoms with Crippen LogP contribution in [0.4, 0.5) is 0 Å². The molecular formula is C20H11NO7. The predicted molar refractivity (Wildman–Crippen MR) is 99.5 cm³/mol. The minimum absolute atomic E-state index is 0.0942. The van der Waals surface area contributed by atoms with Gasteiger partial charge in [0.15, 0.2) is 0 Å². The van der Waals surface area contributed by atoms with Gasteiger partial charge in [0.25, 0.3) is 0 Å². The van der Waals surface area contributed by atoms with E-state index in [1.54, 1.807) is 24.3 Å². The Hall–Kier alpha value is -4.20. The van der Waals surface area contributed by atoms with Crippen LogP contribution < -0.4 is 5.73 Å². The van der Waals surface area contributed by atoms with Crippen LogP contribution in [0.15, 0.2) is 36.4 Å². The van der Waals surface area contributed by atoms with E-state index in [9.17, 15) is 34.5 Å². The van der Waals surface area contributed by atoms with Crippen LogP contribution in [0.5, 0.6) is 0 Å². The first-order chi connectivity index (χ1) is 13.2. The number of nitrogens with two attached hydrogens (primary N) is 1. The van der Waals surface area contributed by atoms with E-state index in [4.69, 9.17) is 5.73 Å². The van der Waals surface area contributed by atoms with Gasteiger partial charge in [-0.3, -0.25) is 4.79 Å². The largest absolute Gasteiger partial charge is 0.478 e. The zero-order valence-corrected chi connectivity index (χ0v) is 14.0. The number of amides is 1. The molecule has 0 aliphatic carbocycles. The van der Waals surface area contributed by atoms with E-state index in [1.165, 1.54) is 12.1 Å². The van der Waals surface area contributed by atoms with E-state index in [1.807, 2.05) is 0 Å². The van der Waals surface area contributed by atoms with Gasteiger partial charge in [0.1, 0.15) is 0 Å². The van der Waals surface area contributed by atoms with Crippen molar-refractivity contribution >= 4 is 56.1 Å². The maximum absolute atomic E-state index is 12.1. The number of hydrogen-bond donors (Lipinski definition) is 4. The molecule has 8 heteroatoms. The second kappa shape index (κ2) is 5.65. The number of primary amides is 1. The molecule has 0 spiro atoms. The lowest BCUT2D eigenvalue weighted by Gasteiger charge is -2.19. The smallest absolute Gasteiger partial charge is 0.337 e. The third kappa shape index (κ3) is 2.11. The van der Waals surface area contributed by atoms with Crippen molar-refractivity contribution in [3.05, 3.63) is 58.7 Å². The Kier molecular flexibility index (Phi) is 3.47. The van der Waals surface area contributed by atoms with Gasteiger partial charge in [0, 0.05) is 5.39 Å². The highest BCUT2D eigenvalue weighted by Gasteiger charge is 2.32. The Morgan fingerprint density at radius 1 is 0.679 bits per heavy atom. The van der Waals surface area contributed by atoms with E-state index in [-0.39, 0.29) is 21.7 Å². The summed E-state index contributed by atoms with van der Waals surface area (Å²) in [6, 6.07) is 9.51. The zero-order chi connectivity index (χ0) is 20.3. The fourth-order valence-corrected chi connectivity index (χ4v) is 3.85. The monoisotopic (exact) mass is 377 g/mol. The van der Waals surface area contributed by atoms with Crippen molar-refractivity contribution in [2.75, 3.05) is 0 Å². The summed E-state index contributed by atoms with van der Waals surface area (Å²) in [5, 5.41) is 30.8. The van der Waals surface area contributed by atoms with Crippen molar-refractivity contribution in [2.24, 2.45) is 5.73 Å². The molecular weight excluding hydrogens is 366 g/mol. The molecule has 0 radical (unpaired) electrons. The van der Waals surface area contributed by atoms with Gasteiger partial charge in [0.2, 0.25) is 5.91 Å². The first kappa shape index (κ1) is 17.2. The number of rotatable bonds is 4. The molecule has 0 saturated heterocycles.